The molecule has 3 rings (SSSR count). The standard InChI is InChI=1S/C38H47N5O11.C20H32N4O8/c1-6-18-53-37(50)30(17-16-22(3)44)42-36(49)29(7-2)41-32(45)20-39-35(48)31(19-33(46)52-5)43-34(47)23(4)40-38(51)54-21-28-26-14-10-8-12-24(26)25-13-9-11-15-27(25)28;1-5-9-32-20(30)15(8-7-12(3)25)24-19(29)14(6-2)23-16(26)11-22-18(28)13(21)10-17(27)31-4/h6,8-15,23,28-31H,1,7,16-21H2,2-5H3,(H,39,48)(H,40,51)(H,41,45)(H,42,49)(H,43,47);5,13-15H,1,6-11,21H2,2-4H3,(H,22,28)(H,23,26)(H,24,29). The Balaban J connectivity index is 0.000000674. The van der Waals surface area contributed by atoms with E-state index in [1.165, 1.54) is 32.9 Å². The number of nitrogens with one attached hydrogen (secondary N) is 8. The summed E-state index contributed by atoms with van der Waals surface area (Å²) < 4.78 is 24.5. The minimum atomic E-state index is -1.50. The number of hydrogen-bond acceptors (Lipinski definition) is 20. The lowest BCUT2D eigenvalue weighted by atomic mass is 9.98. The highest BCUT2D eigenvalue weighted by molar-refractivity contribution is 5.97. The molecule has 28 nitrogen and oxygen atoms in total. The molecule has 0 aliphatic heterocycles. The third kappa shape index (κ3) is 25.7. The van der Waals surface area contributed by atoms with E-state index in [1.54, 1.807) is 13.8 Å². The number of methoxy groups -OCH3 is 2. The zero-order chi connectivity index (χ0) is 64.5. The van der Waals surface area contributed by atoms with E-state index in [0.29, 0.717) is 0 Å². The molecular formula is C58H79N9O19. The summed E-state index contributed by atoms with van der Waals surface area (Å²) in [6, 6.07) is 7.35. The lowest BCUT2D eigenvalue weighted by Crippen LogP contribution is -2.55. The summed E-state index contributed by atoms with van der Waals surface area (Å²) >= 11 is 0. The van der Waals surface area contributed by atoms with Gasteiger partial charge in [-0.15, -0.1) is 0 Å². The maximum absolute atomic E-state index is 13.1. The number of amides is 8. The van der Waals surface area contributed by atoms with Crippen LogP contribution < -0.4 is 48.3 Å². The van der Waals surface area contributed by atoms with Crippen LogP contribution in [0.25, 0.3) is 11.1 Å². The Morgan fingerprint density at radius 2 is 0.953 bits per heavy atom. The molecule has 470 valence electrons. The fourth-order valence-electron chi connectivity index (χ4n) is 8.00. The van der Waals surface area contributed by atoms with Gasteiger partial charge in [-0.1, -0.05) is 87.7 Å². The summed E-state index contributed by atoms with van der Waals surface area (Å²) in [6.45, 7) is 12.9. The Morgan fingerprint density at radius 3 is 1.37 bits per heavy atom. The average Bonchev–Trinajstić information content (AvgIpc) is 1.75. The van der Waals surface area contributed by atoms with Gasteiger partial charge in [0.1, 0.15) is 67.6 Å². The second-order valence-electron chi connectivity index (χ2n) is 19.4. The van der Waals surface area contributed by atoms with Gasteiger partial charge in [-0.3, -0.25) is 43.2 Å². The topological polar surface area (TPSA) is 407 Å². The van der Waals surface area contributed by atoms with E-state index < -0.39 is 133 Å². The monoisotopic (exact) mass is 1210 g/mol. The molecule has 7 atom stereocenters. The molecule has 28 heteroatoms. The number of esters is 4. The predicted molar refractivity (Wildman–Crippen MR) is 307 cm³/mol. The first-order valence-electron chi connectivity index (χ1n) is 27.4. The molecule has 0 aromatic heterocycles. The van der Waals surface area contributed by atoms with Gasteiger partial charge < -0.3 is 81.5 Å². The number of carbonyl (C=O) groups is 14. The van der Waals surface area contributed by atoms with Gasteiger partial charge in [0.15, 0.2) is 0 Å². The number of benzene rings is 2. The van der Waals surface area contributed by atoms with Gasteiger partial charge >= 0.3 is 30.0 Å². The lowest BCUT2D eigenvalue weighted by molar-refractivity contribution is -0.147. The van der Waals surface area contributed by atoms with Crippen LogP contribution in [0.15, 0.2) is 73.8 Å². The van der Waals surface area contributed by atoms with Crippen molar-refractivity contribution in [1.29, 1.82) is 0 Å². The molecule has 0 saturated carbocycles. The summed E-state index contributed by atoms with van der Waals surface area (Å²) in [5, 5.41) is 19.2. The number of Topliss-reactive ketones (excluding diaryl/α,β-unsaturated/α-hetero) is 2. The third-order valence-corrected chi connectivity index (χ3v) is 12.7. The predicted octanol–water partition coefficient (Wildman–Crippen LogP) is 0.0267. The fourth-order valence-corrected chi connectivity index (χ4v) is 8.00. The smallest absolute Gasteiger partial charge is 0.407 e. The maximum Gasteiger partial charge on any atom is 0.407 e. The first kappa shape index (κ1) is 72.8. The fraction of sp³-hybridized carbons (Fsp3) is 0.483. The highest BCUT2D eigenvalue weighted by Gasteiger charge is 2.33. The number of ether oxygens (including phenoxy) is 5. The summed E-state index contributed by atoms with van der Waals surface area (Å²) in [5.74, 6) is -8.95. The highest BCUT2D eigenvalue weighted by atomic mass is 16.6. The maximum atomic E-state index is 13.1. The molecule has 1 aliphatic carbocycles. The second kappa shape index (κ2) is 38.5. The minimum absolute atomic E-state index is 0.00313. The number of fused-ring (bicyclic) bond motifs is 3. The highest BCUT2D eigenvalue weighted by Crippen LogP contribution is 2.44. The lowest BCUT2D eigenvalue weighted by Gasteiger charge is -2.22. The first-order chi connectivity index (χ1) is 40.8. The Labute approximate surface area is 497 Å². The molecule has 2 aromatic rings. The van der Waals surface area contributed by atoms with Crippen molar-refractivity contribution in [3.63, 3.8) is 0 Å². The van der Waals surface area contributed by atoms with Crippen LogP contribution >= 0.6 is 0 Å². The summed E-state index contributed by atoms with van der Waals surface area (Å²) in [7, 11) is 2.24. The van der Waals surface area contributed by atoms with Crippen molar-refractivity contribution >= 4 is 82.9 Å². The van der Waals surface area contributed by atoms with Gasteiger partial charge in [-0.25, -0.2) is 14.4 Å². The van der Waals surface area contributed by atoms with Crippen molar-refractivity contribution < 1.29 is 90.8 Å². The molecule has 10 N–H and O–H groups in total. The van der Waals surface area contributed by atoms with Gasteiger partial charge in [0.05, 0.1) is 46.2 Å². The third-order valence-electron chi connectivity index (χ3n) is 12.7. The van der Waals surface area contributed by atoms with Crippen molar-refractivity contribution in [3.8, 4) is 11.1 Å². The minimum Gasteiger partial charge on any atom is -0.469 e. The van der Waals surface area contributed by atoms with E-state index in [4.69, 9.17) is 19.9 Å². The van der Waals surface area contributed by atoms with Gasteiger partial charge in [0.2, 0.25) is 41.4 Å². The van der Waals surface area contributed by atoms with Gasteiger partial charge in [0, 0.05) is 18.8 Å². The summed E-state index contributed by atoms with van der Waals surface area (Å²) in [6.07, 6.45) is 1.23. The SMILES string of the molecule is C=CCOC(=O)C(CCC(C)=O)NC(=O)C(CC)NC(=O)CNC(=O)C(CC(=O)OC)NC(=O)C(C)NC(=O)OCC1c2ccccc2-c2ccccc21.C=CCOC(=O)C(CCC(C)=O)NC(=O)C(CC)NC(=O)CNC(=O)C(N)CC(=O)OC. The molecule has 86 heavy (non-hydrogen) atoms. The van der Waals surface area contributed by atoms with Gasteiger partial charge in [0.25, 0.3) is 0 Å². The first-order valence-corrected chi connectivity index (χ1v) is 27.4. The summed E-state index contributed by atoms with van der Waals surface area (Å²) in [4.78, 5) is 172. The summed E-state index contributed by atoms with van der Waals surface area (Å²) in [5.41, 5.74) is 9.65. The molecule has 0 fully saturated rings. The van der Waals surface area contributed by atoms with Crippen molar-refractivity contribution in [2.75, 3.05) is 47.1 Å². The number of hydrogen-bond donors (Lipinski definition) is 9. The van der Waals surface area contributed by atoms with Crippen LogP contribution in [0.2, 0.25) is 0 Å². The van der Waals surface area contributed by atoms with Crippen molar-refractivity contribution in [1.82, 2.24) is 42.5 Å². The van der Waals surface area contributed by atoms with Gasteiger partial charge in [-0.2, -0.15) is 0 Å². The molecular weight excluding hydrogens is 1130 g/mol. The molecule has 0 radical (unpaired) electrons. The Kier molecular flexibility index (Phi) is 32.6. The van der Waals surface area contributed by atoms with E-state index in [2.05, 4.69) is 65.2 Å². The molecule has 0 bridgehead atoms. The molecule has 0 heterocycles. The van der Waals surface area contributed by atoms with Crippen LogP contribution in [0.3, 0.4) is 0 Å². The normalized spacial score (nSPS) is 13.4. The van der Waals surface area contributed by atoms with Crippen LogP contribution in [0, 0.1) is 0 Å². The van der Waals surface area contributed by atoms with Crippen molar-refractivity contribution in [3.05, 3.63) is 85.0 Å². The molecule has 0 spiro atoms. The molecule has 1 aliphatic rings. The van der Waals surface area contributed by atoms with E-state index in [1.807, 2.05) is 48.5 Å². The van der Waals surface area contributed by atoms with Crippen LogP contribution in [0.5, 0.6) is 0 Å². The Hall–Kier alpha value is -9.34. The number of carbonyl (C=O) groups excluding carboxylic acids is 14. The van der Waals surface area contributed by atoms with Crippen molar-refractivity contribution in [2.45, 2.75) is 134 Å². The largest absolute Gasteiger partial charge is 0.469 e. The van der Waals surface area contributed by atoms with Crippen LogP contribution in [-0.2, 0) is 86.0 Å². The molecule has 8 amide bonds. The van der Waals surface area contributed by atoms with Crippen LogP contribution in [0.1, 0.15) is 103 Å². The number of alkyl carbamates (subject to hydrolysis) is 1. The van der Waals surface area contributed by atoms with E-state index in [9.17, 15) is 67.1 Å². The molecule has 2 aromatic carbocycles. The molecule has 7 unspecified atom stereocenters. The zero-order valence-corrected chi connectivity index (χ0v) is 49.3. The van der Waals surface area contributed by atoms with E-state index >= 15 is 0 Å². The Bertz CT molecular complexity index is 2730. The van der Waals surface area contributed by atoms with E-state index in [0.717, 1.165) is 36.5 Å². The Morgan fingerprint density at radius 1 is 0.535 bits per heavy atom. The van der Waals surface area contributed by atoms with Gasteiger partial charge in [-0.05, 0) is 68.7 Å². The number of ketones is 2. The quantitative estimate of drug-likeness (QED) is 0.0250. The molecule has 0 saturated heterocycles. The van der Waals surface area contributed by atoms with Crippen molar-refractivity contribution in [2.24, 2.45) is 5.73 Å². The number of rotatable bonds is 35. The van der Waals surface area contributed by atoms with E-state index in [-0.39, 0.29) is 82.3 Å². The average molecular weight is 1210 g/mol. The van der Waals surface area contributed by atoms with Crippen LogP contribution in [0.4, 0.5) is 4.79 Å². The van der Waals surface area contributed by atoms with Crippen LogP contribution in [-0.4, -0.2) is 172 Å². The number of nitrogens with two attached hydrogens (primary N) is 1. The second-order valence-corrected chi connectivity index (χ2v) is 19.4. The zero-order valence-electron chi connectivity index (χ0n) is 49.3.